The largest absolute Gasteiger partial charge is 0.391 e. The Bertz CT molecular complexity index is 406. The highest BCUT2D eigenvalue weighted by molar-refractivity contribution is 5.45. The van der Waals surface area contributed by atoms with Gasteiger partial charge in [0.15, 0.2) is 0 Å². The molecule has 1 aliphatic heterocycles. The van der Waals surface area contributed by atoms with Crippen molar-refractivity contribution in [2.45, 2.75) is 32.0 Å². The molecule has 0 spiro atoms. The van der Waals surface area contributed by atoms with Gasteiger partial charge in [-0.3, -0.25) is 4.98 Å². The Hall–Kier alpha value is -1.30. The molecule has 2 rings (SSSR count). The van der Waals surface area contributed by atoms with Crippen LogP contribution in [0.1, 0.15) is 31.5 Å². The number of rotatable bonds is 2. The SMILES string of the molecule is C[C@H](N)c1ccc(N2CCC(C(F)(F)F)CC2)cn1. The van der Waals surface area contributed by atoms with Crippen LogP contribution in [-0.4, -0.2) is 24.2 Å². The van der Waals surface area contributed by atoms with Crippen LogP contribution in [0.25, 0.3) is 0 Å². The fourth-order valence-corrected chi connectivity index (χ4v) is 2.32. The molecular weight excluding hydrogens is 255 g/mol. The number of nitrogens with zero attached hydrogens (tertiary/aromatic N) is 2. The summed E-state index contributed by atoms with van der Waals surface area (Å²) < 4.78 is 37.7. The maximum Gasteiger partial charge on any atom is 0.391 e. The van der Waals surface area contributed by atoms with Gasteiger partial charge in [0.2, 0.25) is 0 Å². The molecule has 1 aromatic heterocycles. The molecule has 0 unspecified atom stereocenters. The number of piperidine rings is 1. The fourth-order valence-electron chi connectivity index (χ4n) is 2.32. The molecule has 0 amide bonds. The maximum atomic E-state index is 12.6. The van der Waals surface area contributed by atoms with Crippen molar-refractivity contribution in [2.24, 2.45) is 11.7 Å². The average molecular weight is 273 g/mol. The van der Waals surface area contributed by atoms with Crippen LogP contribution in [0.2, 0.25) is 0 Å². The van der Waals surface area contributed by atoms with E-state index < -0.39 is 12.1 Å². The first kappa shape index (κ1) is 14.1. The molecule has 0 saturated carbocycles. The quantitative estimate of drug-likeness (QED) is 0.901. The summed E-state index contributed by atoms with van der Waals surface area (Å²) in [5, 5.41) is 0. The number of anilines is 1. The predicted molar refractivity (Wildman–Crippen MR) is 67.8 cm³/mol. The Morgan fingerprint density at radius 1 is 1.32 bits per heavy atom. The Labute approximate surface area is 110 Å². The number of alkyl halides is 3. The Balaban J connectivity index is 1.98. The third-order valence-corrected chi connectivity index (χ3v) is 3.56. The van der Waals surface area contributed by atoms with Crippen molar-refractivity contribution in [2.75, 3.05) is 18.0 Å². The molecule has 3 nitrogen and oxygen atoms in total. The molecule has 1 aliphatic rings. The molecule has 6 heteroatoms. The minimum Gasteiger partial charge on any atom is -0.370 e. The van der Waals surface area contributed by atoms with Crippen LogP contribution in [0.5, 0.6) is 0 Å². The summed E-state index contributed by atoms with van der Waals surface area (Å²) in [5.74, 6) is -1.17. The van der Waals surface area contributed by atoms with E-state index in [0.29, 0.717) is 13.1 Å². The van der Waals surface area contributed by atoms with Gasteiger partial charge in [-0.05, 0) is 31.9 Å². The number of aromatic nitrogens is 1. The van der Waals surface area contributed by atoms with Gasteiger partial charge in [0.25, 0.3) is 0 Å². The topological polar surface area (TPSA) is 42.1 Å². The Morgan fingerprint density at radius 2 is 1.95 bits per heavy atom. The highest BCUT2D eigenvalue weighted by atomic mass is 19.4. The maximum absolute atomic E-state index is 12.6. The van der Waals surface area contributed by atoms with Gasteiger partial charge in [-0.25, -0.2) is 0 Å². The number of hydrogen-bond donors (Lipinski definition) is 1. The Kier molecular flexibility index (Phi) is 3.99. The van der Waals surface area contributed by atoms with Crippen molar-refractivity contribution in [3.63, 3.8) is 0 Å². The van der Waals surface area contributed by atoms with Crippen molar-refractivity contribution >= 4 is 5.69 Å². The minimum atomic E-state index is -4.07. The van der Waals surface area contributed by atoms with Crippen molar-refractivity contribution < 1.29 is 13.2 Å². The smallest absolute Gasteiger partial charge is 0.370 e. The summed E-state index contributed by atoms with van der Waals surface area (Å²) in [4.78, 5) is 6.18. The molecule has 106 valence electrons. The van der Waals surface area contributed by atoms with Gasteiger partial charge in [0.1, 0.15) is 0 Å². The molecule has 2 N–H and O–H groups in total. The Morgan fingerprint density at radius 3 is 2.37 bits per heavy atom. The lowest BCUT2D eigenvalue weighted by Crippen LogP contribution is -2.39. The predicted octanol–water partition coefficient (Wildman–Crippen LogP) is 2.88. The minimum absolute atomic E-state index is 0.134. The lowest BCUT2D eigenvalue weighted by atomic mass is 9.96. The van der Waals surface area contributed by atoms with Crippen LogP contribution in [-0.2, 0) is 0 Å². The highest BCUT2D eigenvalue weighted by Crippen LogP contribution is 2.35. The first-order valence-electron chi connectivity index (χ1n) is 6.41. The third-order valence-electron chi connectivity index (χ3n) is 3.56. The number of hydrogen-bond acceptors (Lipinski definition) is 3. The van der Waals surface area contributed by atoms with E-state index in [-0.39, 0.29) is 18.9 Å². The molecule has 0 aliphatic carbocycles. The summed E-state index contributed by atoms with van der Waals surface area (Å²) in [6, 6.07) is 3.57. The zero-order chi connectivity index (χ0) is 14.0. The number of pyridine rings is 1. The van der Waals surface area contributed by atoms with Gasteiger partial charge in [-0.1, -0.05) is 0 Å². The van der Waals surface area contributed by atoms with Gasteiger partial charge in [-0.2, -0.15) is 13.2 Å². The molecule has 0 radical (unpaired) electrons. The second-order valence-corrected chi connectivity index (χ2v) is 5.03. The summed E-state index contributed by atoms with van der Waals surface area (Å²) in [6.07, 6.45) is -2.08. The lowest BCUT2D eigenvalue weighted by molar-refractivity contribution is -0.179. The van der Waals surface area contributed by atoms with E-state index in [4.69, 9.17) is 5.73 Å². The van der Waals surface area contributed by atoms with Gasteiger partial charge < -0.3 is 10.6 Å². The van der Waals surface area contributed by atoms with Gasteiger partial charge in [-0.15, -0.1) is 0 Å². The zero-order valence-corrected chi connectivity index (χ0v) is 10.8. The van der Waals surface area contributed by atoms with Crippen LogP contribution >= 0.6 is 0 Å². The average Bonchev–Trinajstić information content (AvgIpc) is 2.38. The second-order valence-electron chi connectivity index (χ2n) is 5.03. The monoisotopic (exact) mass is 273 g/mol. The molecule has 1 saturated heterocycles. The molecule has 2 heterocycles. The van der Waals surface area contributed by atoms with E-state index in [2.05, 4.69) is 4.98 Å². The summed E-state index contributed by atoms with van der Waals surface area (Å²) in [6.45, 7) is 2.68. The highest BCUT2D eigenvalue weighted by Gasteiger charge is 2.41. The van der Waals surface area contributed by atoms with Crippen molar-refractivity contribution in [1.29, 1.82) is 0 Å². The van der Waals surface area contributed by atoms with E-state index in [9.17, 15) is 13.2 Å². The molecule has 1 atom stereocenters. The molecule has 19 heavy (non-hydrogen) atoms. The van der Waals surface area contributed by atoms with Gasteiger partial charge in [0.05, 0.1) is 23.5 Å². The first-order valence-corrected chi connectivity index (χ1v) is 6.41. The van der Waals surface area contributed by atoms with E-state index >= 15 is 0 Å². The van der Waals surface area contributed by atoms with E-state index in [1.807, 2.05) is 24.0 Å². The normalized spacial score (nSPS) is 19.5. The van der Waals surface area contributed by atoms with Crippen LogP contribution in [0.15, 0.2) is 18.3 Å². The molecule has 1 fully saturated rings. The molecule has 0 aromatic carbocycles. The van der Waals surface area contributed by atoms with Crippen LogP contribution in [0.4, 0.5) is 18.9 Å². The third kappa shape index (κ3) is 3.37. The lowest BCUT2D eigenvalue weighted by Gasteiger charge is -2.34. The molecular formula is C13H18F3N3. The van der Waals surface area contributed by atoms with Crippen LogP contribution in [0, 0.1) is 5.92 Å². The van der Waals surface area contributed by atoms with Gasteiger partial charge >= 0.3 is 6.18 Å². The van der Waals surface area contributed by atoms with E-state index in [1.165, 1.54) is 0 Å². The first-order chi connectivity index (χ1) is 8.88. The van der Waals surface area contributed by atoms with Crippen molar-refractivity contribution in [1.82, 2.24) is 4.98 Å². The fraction of sp³-hybridized carbons (Fsp3) is 0.615. The standard InChI is InChI=1S/C13H18F3N3/c1-9(17)12-3-2-11(8-18-12)19-6-4-10(5-7-19)13(14,15)16/h2-3,8-10H,4-7,17H2,1H3/t9-/m0/s1. The van der Waals surface area contributed by atoms with E-state index in [0.717, 1.165) is 11.4 Å². The van der Waals surface area contributed by atoms with Crippen molar-refractivity contribution in [3.05, 3.63) is 24.0 Å². The molecule has 0 bridgehead atoms. The van der Waals surface area contributed by atoms with Gasteiger partial charge in [0, 0.05) is 19.1 Å². The summed E-state index contributed by atoms with van der Waals surface area (Å²) >= 11 is 0. The van der Waals surface area contributed by atoms with E-state index in [1.54, 1.807) is 6.20 Å². The zero-order valence-electron chi connectivity index (χ0n) is 10.8. The second kappa shape index (κ2) is 5.36. The van der Waals surface area contributed by atoms with Crippen LogP contribution < -0.4 is 10.6 Å². The van der Waals surface area contributed by atoms with Crippen molar-refractivity contribution in [3.8, 4) is 0 Å². The number of nitrogens with two attached hydrogens (primary N) is 1. The summed E-state index contributed by atoms with van der Waals surface area (Å²) in [7, 11) is 0. The number of halogens is 3. The summed E-state index contributed by atoms with van der Waals surface area (Å²) in [5.41, 5.74) is 7.36. The van der Waals surface area contributed by atoms with Crippen LogP contribution in [0.3, 0.4) is 0 Å². The molecule has 1 aromatic rings.